The lowest BCUT2D eigenvalue weighted by Crippen LogP contribution is -2.14. The SMILES string of the molecule is Cc1ccc(C)c(C(=O)[P+](=O)CC(C)CC(C)(C)C)c1C. The first-order valence-corrected chi connectivity index (χ1v) is 9.03. The van der Waals surface area contributed by atoms with Gasteiger partial charge in [-0.1, -0.05) is 44.4 Å². The largest absolute Gasteiger partial charge is 0.420 e. The van der Waals surface area contributed by atoms with Gasteiger partial charge in [-0.3, -0.25) is 0 Å². The van der Waals surface area contributed by atoms with E-state index in [1.54, 1.807) is 0 Å². The Balaban J connectivity index is 2.90. The summed E-state index contributed by atoms with van der Waals surface area (Å²) >= 11 is 0. The first kappa shape index (κ1) is 18.0. The Hall–Kier alpha value is -1.01. The first-order valence-electron chi connectivity index (χ1n) is 7.58. The van der Waals surface area contributed by atoms with Crippen molar-refractivity contribution in [3.8, 4) is 0 Å². The van der Waals surface area contributed by atoms with E-state index in [0.29, 0.717) is 17.6 Å². The van der Waals surface area contributed by atoms with E-state index in [0.717, 1.165) is 23.1 Å². The number of hydrogen-bond acceptors (Lipinski definition) is 2. The van der Waals surface area contributed by atoms with E-state index in [1.165, 1.54) is 0 Å². The molecule has 0 amide bonds. The van der Waals surface area contributed by atoms with Gasteiger partial charge in [-0.2, -0.15) is 0 Å². The van der Waals surface area contributed by atoms with Crippen LogP contribution in [0.3, 0.4) is 0 Å². The lowest BCUT2D eigenvalue weighted by molar-refractivity contribution is 0.107. The Kier molecular flexibility index (Phi) is 5.87. The molecule has 0 fully saturated rings. The number of aryl methyl sites for hydroxylation is 2. The van der Waals surface area contributed by atoms with Crippen LogP contribution < -0.4 is 0 Å². The van der Waals surface area contributed by atoms with Gasteiger partial charge in [0.2, 0.25) is 0 Å². The summed E-state index contributed by atoms with van der Waals surface area (Å²) in [5.41, 5.74) is 3.66. The summed E-state index contributed by atoms with van der Waals surface area (Å²) in [6.07, 6.45) is 1.46. The van der Waals surface area contributed by atoms with Gasteiger partial charge in [0.25, 0.3) is 0 Å². The lowest BCUT2D eigenvalue weighted by Gasteiger charge is -2.20. The van der Waals surface area contributed by atoms with Crippen LogP contribution in [0.25, 0.3) is 0 Å². The Morgan fingerprint density at radius 1 is 1.14 bits per heavy atom. The Morgan fingerprint density at radius 2 is 1.67 bits per heavy atom. The highest BCUT2D eigenvalue weighted by Gasteiger charge is 2.35. The second kappa shape index (κ2) is 6.83. The molecule has 0 aliphatic rings. The highest BCUT2D eigenvalue weighted by Crippen LogP contribution is 2.36. The molecule has 21 heavy (non-hydrogen) atoms. The van der Waals surface area contributed by atoms with Crippen LogP contribution in [0.4, 0.5) is 0 Å². The molecule has 1 aromatic rings. The fraction of sp³-hybridized carbons (Fsp3) is 0.611. The van der Waals surface area contributed by atoms with Crippen molar-refractivity contribution in [2.24, 2.45) is 11.3 Å². The zero-order chi connectivity index (χ0) is 16.4. The van der Waals surface area contributed by atoms with Crippen LogP contribution in [0.1, 0.15) is 61.2 Å². The molecule has 3 heteroatoms. The number of carbonyl (C=O) groups excluding carboxylic acids is 1. The summed E-state index contributed by atoms with van der Waals surface area (Å²) in [6, 6.07) is 3.95. The summed E-state index contributed by atoms with van der Waals surface area (Å²) in [4.78, 5) is 12.6. The minimum absolute atomic E-state index is 0.176. The second-order valence-corrected chi connectivity index (χ2v) is 8.96. The number of benzene rings is 1. The van der Waals surface area contributed by atoms with Gasteiger partial charge in [0.15, 0.2) is 6.16 Å². The third kappa shape index (κ3) is 5.04. The van der Waals surface area contributed by atoms with Gasteiger partial charge in [-0.05, 0) is 49.3 Å². The molecule has 0 aliphatic carbocycles. The Morgan fingerprint density at radius 3 is 2.19 bits per heavy atom. The second-order valence-electron chi connectivity index (χ2n) is 7.44. The molecule has 0 N–H and O–H groups in total. The molecule has 0 aromatic heterocycles. The summed E-state index contributed by atoms with van der Waals surface area (Å²) in [7, 11) is -1.84. The highest BCUT2D eigenvalue weighted by molar-refractivity contribution is 7.64. The van der Waals surface area contributed by atoms with E-state index in [9.17, 15) is 9.36 Å². The lowest BCUT2D eigenvalue weighted by atomic mass is 9.86. The van der Waals surface area contributed by atoms with Crippen LogP contribution >= 0.6 is 7.80 Å². The third-order valence-corrected chi connectivity index (χ3v) is 5.45. The van der Waals surface area contributed by atoms with E-state index in [-0.39, 0.29) is 10.9 Å². The standard InChI is InChI=1S/C18H28O2P/c1-12(10-18(5,6)7)11-21(20)17(19)16-14(3)9-8-13(2)15(16)4/h8-9,12H,10-11H2,1-7H3/q+1. The normalized spacial score (nSPS) is 14.0. The molecule has 2 unspecified atom stereocenters. The van der Waals surface area contributed by atoms with Gasteiger partial charge in [-0.15, -0.1) is 0 Å². The number of hydrogen-bond donors (Lipinski definition) is 0. The van der Waals surface area contributed by atoms with E-state index >= 15 is 0 Å². The average molecular weight is 307 g/mol. The topological polar surface area (TPSA) is 34.1 Å². The molecule has 0 bridgehead atoms. The van der Waals surface area contributed by atoms with Crippen LogP contribution in [-0.2, 0) is 4.57 Å². The van der Waals surface area contributed by atoms with E-state index in [4.69, 9.17) is 0 Å². The van der Waals surface area contributed by atoms with E-state index in [1.807, 2.05) is 32.9 Å². The molecule has 0 spiro atoms. The molecular weight excluding hydrogens is 279 g/mol. The van der Waals surface area contributed by atoms with Gasteiger partial charge in [0, 0.05) is 5.92 Å². The van der Waals surface area contributed by atoms with Crippen LogP contribution in [0.15, 0.2) is 12.1 Å². The van der Waals surface area contributed by atoms with Crippen molar-refractivity contribution in [3.05, 3.63) is 34.4 Å². The Bertz CT molecular complexity index is 553. The minimum atomic E-state index is -1.84. The third-order valence-electron chi connectivity index (χ3n) is 3.82. The average Bonchev–Trinajstić information content (AvgIpc) is 2.31. The predicted octanol–water partition coefficient (Wildman–Crippen LogP) is 5.65. The van der Waals surface area contributed by atoms with Crippen LogP contribution in [0.5, 0.6) is 0 Å². The zero-order valence-electron chi connectivity index (χ0n) is 14.4. The summed E-state index contributed by atoms with van der Waals surface area (Å²) in [6.45, 7) is 14.5. The molecule has 1 rings (SSSR count). The molecule has 0 aliphatic heterocycles. The molecule has 2 nitrogen and oxygen atoms in total. The number of rotatable bonds is 5. The van der Waals surface area contributed by atoms with Crippen molar-refractivity contribution in [2.45, 2.75) is 54.9 Å². The van der Waals surface area contributed by atoms with Crippen molar-refractivity contribution in [3.63, 3.8) is 0 Å². The fourth-order valence-corrected chi connectivity index (χ4v) is 4.34. The summed E-state index contributed by atoms with van der Waals surface area (Å²) < 4.78 is 12.5. The van der Waals surface area contributed by atoms with Crippen molar-refractivity contribution in [1.29, 1.82) is 0 Å². The summed E-state index contributed by atoms with van der Waals surface area (Å²) in [5, 5.41) is 0. The Labute approximate surface area is 130 Å². The predicted molar refractivity (Wildman–Crippen MR) is 90.7 cm³/mol. The van der Waals surface area contributed by atoms with Gasteiger partial charge >= 0.3 is 13.3 Å². The molecule has 0 radical (unpaired) electrons. The maximum Gasteiger partial charge on any atom is 0.420 e. The van der Waals surface area contributed by atoms with Crippen LogP contribution in [0.2, 0.25) is 0 Å². The molecule has 0 saturated heterocycles. The molecule has 2 atom stereocenters. The van der Waals surface area contributed by atoms with Crippen molar-refractivity contribution in [1.82, 2.24) is 0 Å². The van der Waals surface area contributed by atoms with Gasteiger partial charge < -0.3 is 0 Å². The zero-order valence-corrected chi connectivity index (χ0v) is 15.3. The molecule has 0 saturated carbocycles. The summed E-state index contributed by atoms with van der Waals surface area (Å²) in [5.74, 6) is 0.294. The monoisotopic (exact) mass is 307 g/mol. The van der Waals surface area contributed by atoms with Gasteiger partial charge in [0.1, 0.15) is 0 Å². The molecular formula is C18H28O2P+. The van der Waals surface area contributed by atoms with Crippen molar-refractivity contribution in [2.75, 3.05) is 6.16 Å². The minimum Gasteiger partial charge on any atom is -0.234 e. The van der Waals surface area contributed by atoms with E-state index in [2.05, 4.69) is 27.7 Å². The van der Waals surface area contributed by atoms with Crippen LogP contribution in [-0.4, -0.2) is 11.7 Å². The van der Waals surface area contributed by atoms with E-state index < -0.39 is 7.80 Å². The molecule has 1 aromatic carbocycles. The molecule has 0 heterocycles. The quantitative estimate of drug-likeness (QED) is 0.658. The van der Waals surface area contributed by atoms with Gasteiger partial charge in [0.05, 0.1) is 5.56 Å². The van der Waals surface area contributed by atoms with Crippen molar-refractivity contribution < 1.29 is 9.36 Å². The smallest absolute Gasteiger partial charge is 0.234 e. The first-order chi connectivity index (χ1) is 9.53. The van der Waals surface area contributed by atoms with Gasteiger partial charge in [-0.25, -0.2) is 4.79 Å². The van der Waals surface area contributed by atoms with Crippen molar-refractivity contribution >= 4 is 13.3 Å². The highest BCUT2D eigenvalue weighted by atomic mass is 31.1. The maximum atomic E-state index is 12.6. The number of carbonyl (C=O) groups is 1. The maximum absolute atomic E-state index is 12.6. The van der Waals surface area contributed by atoms with Crippen LogP contribution in [0, 0.1) is 32.1 Å². The molecule has 116 valence electrons. The fourth-order valence-electron chi connectivity index (χ4n) is 2.88.